The Morgan fingerprint density at radius 2 is 2.19 bits per heavy atom. The van der Waals surface area contributed by atoms with Gasteiger partial charge in [0.1, 0.15) is 23.0 Å². The van der Waals surface area contributed by atoms with Crippen LogP contribution < -0.4 is 5.32 Å². The van der Waals surface area contributed by atoms with E-state index in [1.807, 2.05) is 0 Å². The van der Waals surface area contributed by atoms with E-state index in [1.54, 1.807) is 30.7 Å². The Kier molecular flexibility index (Phi) is 4.85. The number of carbonyl (C=O) groups excluding carboxylic acids is 2. The number of hydrogen-bond donors (Lipinski definition) is 1. The van der Waals surface area contributed by atoms with E-state index in [0.717, 1.165) is 16.7 Å². The number of aryl methyl sites for hydroxylation is 2. The van der Waals surface area contributed by atoms with Crippen LogP contribution in [0.3, 0.4) is 0 Å². The van der Waals surface area contributed by atoms with Gasteiger partial charge in [0.15, 0.2) is 5.13 Å². The molecule has 2 heterocycles. The van der Waals surface area contributed by atoms with E-state index in [0.29, 0.717) is 21.8 Å². The second-order valence-electron chi connectivity index (χ2n) is 5.57. The minimum Gasteiger partial charge on any atom is -0.457 e. The van der Waals surface area contributed by atoms with Crippen molar-refractivity contribution in [2.45, 2.75) is 6.92 Å². The standard InChI is InChI=1S/C18H16FN3O3S/c1-4-7-25-17(24)15-10(2)20-18(26-15)21-16(23)14-8-11-5-6-12(19)9-13(11)22(14)3/h4-6,8-9H,1,7H2,2-3H3,(H,20,21,23). The number of rotatable bonds is 5. The summed E-state index contributed by atoms with van der Waals surface area (Å²) in [5, 5.41) is 3.71. The summed E-state index contributed by atoms with van der Waals surface area (Å²) in [7, 11) is 1.68. The summed E-state index contributed by atoms with van der Waals surface area (Å²) < 4.78 is 20.0. The fraction of sp³-hybridized carbons (Fsp3) is 0.167. The lowest BCUT2D eigenvalue weighted by Crippen LogP contribution is -2.15. The van der Waals surface area contributed by atoms with Gasteiger partial charge in [-0.05, 0) is 31.2 Å². The van der Waals surface area contributed by atoms with Gasteiger partial charge in [-0.3, -0.25) is 10.1 Å². The van der Waals surface area contributed by atoms with Gasteiger partial charge in [-0.2, -0.15) is 0 Å². The van der Waals surface area contributed by atoms with Crippen molar-refractivity contribution in [3.63, 3.8) is 0 Å². The van der Waals surface area contributed by atoms with Gasteiger partial charge in [0, 0.05) is 12.4 Å². The van der Waals surface area contributed by atoms with Crippen LogP contribution in [0.2, 0.25) is 0 Å². The van der Waals surface area contributed by atoms with Gasteiger partial charge in [-0.15, -0.1) is 0 Å². The zero-order valence-electron chi connectivity index (χ0n) is 14.2. The topological polar surface area (TPSA) is 73.2 Å². The molecule has 1 amide bonds. The molecule has 0 unspecified atom stereocenters. The van der Waals surface area contributed by atoms with Crippen molar-refractivity contribution in [2.24, 2.45) is 7.05 Å². The Morgan fingerprint density at radius 3 is 2.92 bits per heavy atom. The van der Waals surface area contributed by atoms with Gasteiger partial charge < -0.3 is 9.30 Å². The van der Waals surface area contributed by atoms with Crippen LogP contribution in [0.15, 0.2) is 36.9 Å². The van der Waals surface area contributed by atoms with Crippen LogP contribution in [0.5, 0.6) is 0 Å². The number of fused-ring (bicyclic) bond motifs is 1. The average molecular weight is 373 g/mol. The molecule has 1 aromatic carbocycles. The fourth-order valence-electron chi connectivity index (χ4n) is 2.52. The zero-order valence-corrected chi connectivity index (χ0v) is 15.0. The molecule has 0 aliphatic rings. The maximum atomic E-state index is 13.4. The monoisotopic (exact) mass is 373 g/mol. The SMILES string of the molecule is C=CCOC(=O)c1sc(NC(=O)c2cc3ccc(F)cc3n2C)nc1C. The van der Waals surface area contributed by atoms with Crippen LogP contribution in [-0.4, -0.2) is 28.0 Å². The molecule has 0 saturated heterocycles. The molecule has 0 radical (unpaired) electrons. The largest absolute Gasteiger partial charge is 0.457 e. The predicted octanol–water partition coefficient (Wildman–Crippen LogP) is 3.68. The number of benzene rings is 1. The third kappa shape index (κ3) is 3.36. The lowest BCUT2D eigenvalue weighted by Gasteiger charge is -2.04. The molecule has 0 aliphatic heterocycles. The van der Waals surface area contributed by atoms with Crippen LogP contribution in [-0.2, 0) is 11.8 Å². The van der Waals surface area contributed by atoms with Crippen molar-refractivity contribution >= 4 is 39.2 Å². The van der Waals surface area contributed by atoms with Gasteiger partial charge in [0.25, 0.3) is 5.91 Å². The first-order valence-electron chi connectivity index (χ1n) is 7.72. The van der Waals surface area contributed by atoms with Crippen molar-refractivity contribution < 1.29 is 18.7 Å². The Balaban J connectivity index is 1.83. The van der Waals surface area contributed by atoms with Gasteiger partial charge >= 0.3 is 5.97 Å². The number of esters is 1. The summed E-state index contributed by atoms with van der Waals surface area (Å²) in [6.45, 7) is 5.25. The number of nitrogens with zero attached hydrogens (tertiary/aromatic N) is 2. The number of anilines is 1. The molecule has 3 aromatic rings. The molecule has 6 nitrogen and oxygen atoms in total. The number of nitrogens with one attached hydrogen (secondary N) is 1. The highest BCUT2D eigenvalue weighted by Crippen LogP contribution is 2.25. The van der Waals surface area contributed by atoms with Crippen LogP contribution >= 0.6 is 11.3 Å². The average Bonchev–Trinajstić information content (AvgIpc) is 3.13. The lowest BCUT2D eigenvalue weighted by molar-refractivity contribution is 0.0554. The molecule has 8 heteroatoms. The number of amides is 1. The molecular formula is C18H16FN3O3S. The molecule has 0 saturated carbocycles. The Morgan fingerprint density at radius 1 is 1.42 bits per heavy atom. The van der Waals surface area contributed by atoms with Crippen molar-refractivity contribution in [1.82, 2.24) is 9.55 Å². The lowest BCUT2D eigenvalue weighted by atomic mass is 10.2. The second-order valence-corrected chi connectivity index (χ2v) is 6.57. The van der Waals surface area contributed by atoms with E-state index >= 15 is 0 Å². The number of halogens is 1. The van der Waals surface area contributed by atoms with Gasteiger partial charge in [-0.25, -0.2) is 14.2 Å². The van der Waals surface area contributed by atoms with Crippen LogP contribution in [0, 0.1) is 12.7 Å². The molecular weight excluding hydrogens is 357 g/mol. The predicted molar refractivity (Wildman–Crippen MR) is 98.2 cm³/mol. The van der Waals surface area contributed by atoms with Crippen molar-refractivity contribution in [1.29, 1.82) is 0 Å². The zero-order chi connectivity index (χ0) is 18.8. The highest BCUT2D eigenvalue weighted by molar-refractivity contribution is 7.17. The number of hydrogen-bond acceptors (Lipinski definition) is 5. The van der Waals surface area contributed by atoms with Gasteiger partial charge in [-0.1, -0.05) is 24.0 Å². The highest BCUT2D eigenvalue weighted by Gasteiger charge is 2.20. The first kappa shape index (κ1) is 17.8. The normalized spacial score (nSPS) is 10.7. The number of ether oxygens (including phenoxy) is 1. The molecule has 0 bridgehead atoms. The molecule has 26 heavy (non-hydrogen) atoms. The quantitative estimate of drug-likeness (QED) is 0.547. The third-order valence-corrected chi connectivity index (χ3v) is 4.83. The second kappa shape index (κ2) is 7.09. The Hall–Kier alpha value is -3.00. The molecule has 0 atom stereocenters. The Bertz CT molecular complexity index is 1020. The smallest absolute Gasteiger partial charge is 0.350 e. The fourth-order valence-corrected chi connectivity index (χ4v) is 3.38. The van der Waals surface area contributed by atoms with Gasteiger partial charge in [0.05, 0.1) is 11.2 Å². The van der Waals surface area contributed by atoms with Crippen LogP contribution in [0.25, 0.3) is 10.9 Å². The van der Waals surface area contributed by atoms with E-state index in [1.165, 1.54) is 18.2 Å². The summed E-state index contributed by atoms with van der Waals surface area (Å²) >= 11 is 1.04. The summed E-state index contributed by atoms with van der Waals surface area (Å²) in [4.78, 5) is 29.0. The van der Waals surface area contributed by atoms with Crippen molar-refractivity contribution in [2.75, 3.05) is 11.9 Å². The maximum Gasteiger partial charge on any atom is 0.350 e. The summed E-state index contributed by atoms with van der Waals surface area (Å²) in [5.41, 5.74) is 1.44. The van der Waals surface area contributed by atoms with E-state index in [-0.39, 0.29) is 17.6 Å². The first-order valence-corrected chi connectivity index (χ1v) is 8.54. The molecule has 0 aliphatic carbocycles. The number of thiazole rings is 1. The summed E-state index contributed by atoms with van der Waals surface area (Å²) in [6, 6.07) is 6.00. The molecule has 3 rings (SSSR count). The van der Waals surface area contributed by atoms with Crippen LogP contribution in [0.4, 0.5) is 9.52 Å². The number of aromatic nitrogens is 2. The minimum absolute atomic E-state index is 0.102. The van der Waals surface area contributed by atoms with Crippen molar-refractivity contribution in [3.05, 3.63) is 59.0 Å². The minimum atomic E-state index is -0.513. The van der Waals surface area contributed by atoms with Gasteiger partial charge in [0.2, 0.25) is 0 Å². The molecule has 1 N–H and O–H groups in total. The van der Waals surface area contributed by atoms with E-state index < -0.39 is 11.9 Å². The number of carbonyl (C=O) groups is 2. The van der Waals surface area contributed by atoms with Crippen molar-refractivity contribution in [3.8, 4) is 0 Å². The summed E-state index contributed by atoms with van der Waals surface area (Å²) in [6.07, 6.45) is 1.47. The third-order valence-electron chi connectivity index (χ3n) is 3.77. The van der Waals surface area contributed by atoms with Crippen LogP contribution in [0.1, 0.15) is 25.9 Å². The molecule has 2 aromatic heterocycles. The summed E-state index contributed by atoms with van der Waals surface area (Å²) in [5.74, 6) is -1.28. The maximum absolute atomic E-state index is 13.4. The molecule has 134 valence electrons. The van der Waals surface area contributed by atoms with E-state index in [4.69, 9.17) is 4.74 Å². The Labute approximate surface area is 152 Å². The highest BCUT2D eigenvalue weighted by atomic mass is 32.1. The first-order chi connectivity index (χ1) is 12.4. The molecule has 0 spiro atoms. The molecule has 0 fully saturated rings. The van der Waals surface area contributed by atoms with E-state index in [2.05, 4.69) is 16.9 Å². The van der Waals surface area contributed by atoms with E-state index in [9.17, 15) is 14.0 Å².